The van der Waals surface area contributed by atoms with E-state index in [-0.39, 0.29) is 19.0 Å². The van der Waals surface area contributed by atoms with Crippen LogP contribution in [0.3, 0.4) is 0 Å². The zero-order chi connectivity index (χ0) is 20.1. The minimum absolute atomic E-state index is 0.206. The molecule has 10 heteroatoms. The number of rotatable bonds is 7. The van der Waals surface area contributed by atoms with Crippen LogP contribution in [0, 0.1) is 17.1 Å². The van der Waals surface area contributed by atoms with Gasteiger partial charge in [-0.15, -0.1) is 10.2 Å². The summed E-state index contributed by atoms with van der Waals surface area (Å²) in [6.07, 6.45) is 0.674. The normalized spacial score (nSPS) is 16.0. The fourth-order valence-corrected chi connectivity index (χ4v) is 3.63. The lowest BCUT2D eigenvalue weighted by Gasteiger charge is -2.14. The highest BCUT2D eigenvalue weighted by Crippen LogP contribution is 2.31. The third kappa shape index (κ3) is 4.61. The van der Waals surface area contributed by atoms with Crippen LogP contribution in [0.1, 0.15) is 24.8 Å². The number of halogens is 1. The van der Waals surface area contributed by atoms with Crippen molar-refractivity contribution in [2.24, 2.45) is 0 Å². The maximum atomic E-state index is 14.6. The summed E-state index contributed by atoms with van der Waals surface area (Å²) in [6, 6.07) is 6.51. The summed E-state index contributed by atoms with van der Waals surface area (Å²) in [4.78, 5) is 24.4. The highest BCUT2D eigenvalue weighted by molar-refractivity contribution is 7.14. The van der Waals surface area contributed by atoms with Gasteiger partial charge in [-0.3, -0.25) is 9.69 Å². The number of aryl methyl sites for hydroxylation is 1. The molecule has 1 aromatic heterocycles. The molecule has 2 heterocycles. The fourth-order valence-electron chi connectivity index (χ4n) is 2.72. The number of nitrogens with one attached hydrogen (secondary N) is 1. The number of unbranched alkanes of at least 4 members (excludes halogenated alkanes) is 1. The van der Waals surface area contributed by atoms with Gasteiger partial charge in [0.25, 0.3) is 0 Å². The molecule has 0 aliphatic carbocycles. The number of carbonyl (C=O) groups is 2. The first-order valence-electron chi connectivity index (χ1n) is 8.69. The van der Waals surface area contributed by atoms with E-state index < -0.39 is 18.0 Å². The first-order chi connectivity index (χ1) is 13.5. The van der Waals surface area contributed by atoms with Crippen molar-refractivity contribution in [3.05, 3.63) is 29.0 Å². The van der Waals surface area contributed by atoms with Crippen molar-refractivity contribution in [1.82, 2.24) is 15.5 Å². The van der Waals surface area contributed by atoms with Gasteiger partial charge < -0.3 is 10.1 Å². The smallest absolute Gasteiger partial charge is 0.414 e. The number of benzene rings is 1. The maximum Gasteiger partial charge on any atom is 0.414 e. The summed E-state index contributed by atoms with van der Waals surface area (Å²) in [5, 5.41) is 20.4. The maximum absolute atomic E-state index is 14.6. The van der Waals surface area contributed by atoms with Gasteiger partial charge >= 0.3 is 6.09 Å². The number of ether oxygens (including phenoxy) is 1. The van der Waals surface area contributed by atoms with Crippen molar-refractivity contribution in [3.8, 4) is 16.6 Å². The van der Waals surface area contributed by atoms with Gasteiger partial charge in [0.05, 0.1) is 24.8 Å². The number of nitriles is 1. The van der Waals surface area contributed by atoms with Crippen LogP contribution in [0.2, 0.25) is 0 Å². The van der Waals surface area contributed by atoms with Gasteiger partial charge in [0, 0.05) is 25.3 Å². The fraction of sp³-hybridized carbons (Fsp3) is 0.389. The van der Waals surface area contributed by atoms with Crippen LogP contribution in [0.15, 0.2) is 18.2 Å². The molecule has 0 bridgehead atoms. The Morgan fingerprint density at radius 3 is 3.04 bits per heavy atom. The Hall–Kier alpha value is -3.06. The Labute approximate surface area is 164 Å². The molecule has 0 saturated carbocycles. The highest BCUT2D eigenvalue weighted by Gasteiger charge is 2.32. The molecule has 2 amide bonds. The van der Waals surface area contributed by atoms with Crippen molar-refractivity contribution >= 4 is 29.0 Å². The summed E-state index contributed by atoms with van der Waals surface area (Å²) < 4.78 is 19.8. The standard InChI is InChI=1S/C18H18FN5O3S/c1-11(25)21-9-13-10-24(18(26)27-13)12-5-6-14(15(19)8-12)17-23-22-16(28-17)4-2-3-7-20/h5-6,8,13H,2-4,9-10H2,1H3,(H,21,25). The van der Waals surface area contributed by atoms with Gasteiger partial charge in [-0.2, -0.15) is 5.26 Å². The first-order valence-corrected chi connectivity index (χ1v) is 9.51. The zero-order valence-electron chi connectivity index (χ0n) is 15.1. The monoisotopic (exact) mass is 403 g/mol. The summed E-state index contributed by atoms with van der Waals surface area (Å²) in [6.45, 7) is 1.81. The second-order valence-electron chi connectivity index (χ2n) is 6.23. The SMILES string of the molecule is CC(=O)NCC1CN(c2ccc(-c3nnc(CCCC#N)s3)c(F)c2)C(=O)O1. The topological polar surface area (TPSA) is 108 Å². The summed E-state index contributed by atoms with van der Waals surface area (Å²) in [7, 11) is 0. The molecule has 1 fully saturated rings. The molecule has 0 radical (unpaired) electrons. The highest BCUT2D eigenvalue weighted by atomic mass is 32.1. The van der Waals surface area contributed by atoms with Crippen molar-refractivity contribution < 1.29 is 18.7 Å². The Morgan fingerprint density at radius 2 is 2.32 bits per heavy atom. The minimum Gasteiger partial charge on any atom is -0.442 e. The molecule has 1 unspecified atom stereocenters. The third-order valence-electron chi connectivity index (χ3n) is 4.09. The van der Waals surface area contributed by atoms with Crippen LogP contribution in [-0.4, -0.2) is 41.4 Å². The van der Waals surface area contributed by atoms with Crippen LogP contribution in [0.25, 0.3) is 10.6 Å². The predicted octanol–water partition coefficient (Wildman–Crippen LogP) is 2.65. The Balaban J connectivity index is 1.70. The van der Waals surface area contributed by atoms with Gasteiger partial charge in [0.1, 0.15) is 16.9 Å². The molecular formula is C18H18FN5O3S. The molecule has 8 nitrogen and oxygen atoms in total. The van der Waals surface area contributed by atoms with E-state index in [9.17, 15) is 14.0 Å². The molecule has 1 aliphatic rings. The lowest BCUT2D eigenvalue weighted by Crippen LogP contribution is -2.33. The molecular weight excluding hydrogens is 385 g/mol. The molecule has 3 rings (SSSR count). The number of amides is 2. The number of aromatic nitrogens is 2. The molecule has 28 heavy (non-hydrogen) atoms. The van der Waals surface area contributed by atoms with E-state index >= 15 is 0 Å². The van der Waals surface area contributed by atoms with Crippen molar-refractivity contribution in [1.29, 1.82) is 5.26 Å². The number of anilines is 1. The van der Waals surface area contributed by atoms with Crippen LogP contribution in [0.4, 0.5) is 14.9 Å². The lowest BCUT2D eigenvalue weighted by atomic mass is 10.2. The Bertz CT molecular complexity index is 926. The quantitative estimate of drug-likeness (QED) is 0.712. The van der Waals surface area contributed by atoms with Gasteiger partial charge in [-0.25, -0.2) is 9.18 Å². The average Bonchev–Trinajstić information content (AvgIpc) is 3.27. The van der Waals surface area contributed by atoms with Crippen LogP contribution < -0.4 is 10.2 Å². The number of nitrogens with zero attached hydrogens (tertiary/aromatic N) is 4. The van der Waals surface area contributed by atoms with Crippen molar-refractivity contribution in [2.45, 2.75) is 32.3 Å². The van der Waals surface area contributed by atoms with Crippen molar-refractivity contribution in [2.75, 3.05) is 18.0 Å². The van der Waals surface area contributed by atoms with E-state index in [1.54, 1.807) is 12.1 Å². The van der Waals surface area contributed by atoms with E-state index in [1.165, 1.54) is 29.2 Å². The first kappa shape index (κ1) is 19.7. The van der Waals surface area contributed by atoms with E-state index in [0.717, 1.165) is 5.01 Å². The molecule has 1 aromatic carbocycles. The molecule has 0 spiro atoms. The predicted molar refractivity (Wildman–Crippen MR) is 100 cm³/mol. The van der Waals surface area contributed by atoms with Gasteiger partial charge in [-0.1, -0.05) is 11.3 Å². The van der Waals surface area contributed by atoms with Crippen LogP contribution in [0.5, 0.6) is 0 Å². The summed E-state index contributed by atoms with van der Waals surface area (Å²) >= 11 is 1.28. The van der Waals surface area contributed by atoms with Gasteiger partial charge in [0.2, 0.25) is 5.91 Å². The molecule has 2 aromatic rings. The molecule has 1 N–H and O–H groups in total. The van der Waals surface area contributed by atoms with Crippen LogP contribution in [-0.2, 0) is 16.0 Å². The summed E-state index contributed by atoms with van der Waals surface area (Å²) in [5.41, 5.74) is 0.672. The second-order valence-corrected chi connectivity index (χ2v) is 7.29. The Kier molecular flexibility index (Phi) is 6.16. The lowest BCUT2D eigenvalue weighted by molar-refractivity contribution is -0.119. The van der Waals surface area contributed by atoms with Crippen LogP contribution >= 0.6 is 11.3 Å². The minimum atomic E-state index is -0.585. The van der Waals surface area contributed by atoms with E-state index in [0.29, 0.717) is 35.5 Å². The van der Waals surface area contributed by atoms with Gasteiger partial charge in [0.15, 0.2) is 5.01 Å². The van der Waals surface area contributed by atoms with E-state index in [2.05, 4.69) is 21.6 Å². The number of cyclic esters (lactones) is 1. The van der Waals surface area contributed by atoms with E-state index in [4.69, 9.17) is 10.00 Å². The largest absolute Gasteiger partial charge is 0.442 e. The molecule has 1 aliphatic heterocycles. The second kappa shape index (κ2) is 8.75. The molecule has 146 valence electrons. The van der Waals surface area contributed by atoms with Crippen molar-refractivity contribution in [3.63, 3.8) is 0 Å². The number of hydrogen-bond acceptors (Lipinski definition) is 7. The third-order valence-corrected chi connectivity index (χ3v) is 5.11. The Morgan fingerprint density at radius 1 is 1.50 bits per heavy atom. The summed E-state index contributed by atoms with van der Waals surface area (Å²) in [5.74, 6) is -0.732. The van der Waals surface area contributed by atoms with E-state index in [1.807, 2.05) is 0 Å². The molecule has 1 saturated heterocycles. The van der Waals surface area contributed by atoms with Gasteiger partial charge in [-0.05, 0) is 24.6 Å². The zero-order valence-corrected chi connectivity index (χ0v) is 16.0. The molecule has 1 atom stereocenters. The number of carbonyl (C=O) groups excluding carboxylic acids is 2. The number of hydrogen-bond donors (Lipinski definition) is 1. The average molecular weight is 403 g/mol.